The first-order chi connectivity index (χ1) is 10.2. The maximum Gasteiger partial charge on any atom is 0.161 e. The van der Waals surface area contributed by atoms with Gasteiger partial charge in [0.15, 0.2) is 11.5 Å². The molecule has 2 aliphatic heterocycles. The second-order valence-corrected chi connectivity index (χ2v) is 7.03. The highest BCUT2D eigenvalue weighted by Crippen LogP contribution is 2.33. The van der Waals surface area contributed by atoms with E-state index in [0.717, 1.165) is 54.3 Å². The first-order valence-corrected chi connectivity index (χ1v) is 8.48. The lowest BCUT2D eigenvalue weighted by Crippen LogP contribution is -2.40. The highest BCUT2D eigenvalue weighted by atomic mass is 32.2. The summed E-state index contributed by atoms with van der Waals surface area (Å²) in [5.74, 6) is 2.75. The molecule has 0 radical (unpaired) electrons. The van der Waals surface area contributed by atoms with Crippen LogP contribution in [0.5, 0.6) is 11.5 Å². The molecule has 0 N–H and O–H groups in total. The van der Waals surface area contributed by atoms with Crippen molar-refractivity contribution in [2.24, 2.45) is 0 Å². The van der Waals surface area contributed by atoms with E-state index in [2.05, 4.69) is 21.9 Å². The van der Waals surface area contributed by atoms with Crippen molar-refractivity contribution in [3.63, 3.8) is 0 Å². The van der Waals surface area contributed by atoms with E-state index in [9.17, 15) is 0 Å². The molecule has 2 heterocycles. The van der Waals surface area contributed by atoms with Crippen molar-refractivity contribution in [1.29, 1.82) is 0 Å². The zero-order chi connectivity index (χ0) is 14.8. The Kier molecular flexibility index (Phi) is 4.57. The smallest absolute Gasteiger partial charge is 0.161 e. The van der Waals surface area contributed by atoms with E-state index < -0.39 is 0 Å². The van der Waals surface area contributed by atoms with Gasteiger partial charge in [-0.05, 0) is 29.7 Å². The predicted octanol–water partition coefficient (Wildman–Crippen LogP) is 2.35. The van der Waals surface area contributed by atoms with Crippen molar-refractivity contribution in [2.75, 3.05) is 39.7 Å². The van der Waals surface area contributed by atoms with Gasteiger partial charge in [-0.15, -0.1) is 0 Å². The number of hydrogen-bond donors (Lipinski definition) is 0. The summed E-state index contributed by atoms with van der Waals surface area (Å²) in [6, 6.07) is 4.22. The van der Waals surface area contributed by atoms with E-state index >= 15 is 0 Å². The van der Waals surface area contributed by atoms with E-state index in [1.54, 1.807) is 26.0 Å². The van der Waals surface area contributed by atoms with Crippen LogP contribution < -0.4 is 9.47 Å². The van der Waals surface area contributed by atoms with Crippen LogP contribution in [-0.2, 0) is 13.0 Å². The Morgan fingerprint density at radius 2 is 1.86 bits per heavy atom. The molecule has 0 bridgehead atoms. The Bertz CT molecular complexity index is 551. The van der Waals surface area contributed by atoms with Crippen molar-refractivity contribution in [2.45, 2.75) is 13.0 Å². The van der Waals surface area contributed by atoms with Gasteiger partial charge in [-0.1, -0.05) is 24.0 Å². The zero-order valence-corrected chi connectivity index (χ0v) is 14.1. The maximum atomic E-state index is 5.41. The van der Waals surface area contributed by atoms with Gasteiger partial charge in [0.1, 0.15) is 4.32 Å². The predicted molar refractivity (Wildman–Crippen MR) is 90.3 cm³/mol. The fraction of sp³-hybridized carbons (Fsp3) is 0.533. The average Bonchev–Trinajstić information content (AvgIpc) is 2.91. The molecule has 1 saturated heterocycles. The van der Waals surface area contributed by atoms with Crippen molar-refractivity contribution in [3.05, 3.63) is 23.3 Å². The number of fused-ring (bicyclic) bond motifs is 1. The summed E-state index contributed by atoms with van der Waals surface area (Å²) in [6.07, 6.45) is 1.05. The Morgan fingerprint density at radius 1 is 1.14 bits per heavy atom. The Labute approximate surface area is 135 Å². The van der Waals surface area contributed by atoms with E-state index in [0.29, 0.717) is 0 Å². The minimum atomic E-state index is 0.811. The molecule has 1 aromatic carbocycles. The molecule has 1 fully saturated rings. The number of methoxy groups -OCH3 is 2. The van der Waals surface area contributed by atoms with Crippen LogP contribution in [0, 0.1) is 0 Å². The van der Waals surface area contributed by atoms with E-state index in [1.165, 1.54) is 11.1 Å². The van der Waals surface area contributed by atoms with Gasteiger partial charge in [0, 0.05) is 25.4 Å². The maximum absolute atomic E-state index is 5.41. The standard InChI is InChI=1S/C15H20N2O2S2/c1-18-13-7-11-3-4-16(9-12(11)8-14(13)19-2)10-17-5-6-21-15(17)20/h7-8H,3-6,9-10H2,1-2H3. The third-order valence-corrected chi connectivity index (χ3v) is 5.52. The molecule has 0 unspecified atom stereocenters. The van der Waals surface area contributed by atoms with Gasteiger partial charge < -0.3 is 14.4 Å². The lowest BCUT2D eigenvalue weighted by atomic mass is 9.99. The van der Waals surface area contributed by atoms with Crippen LogP contribution in [0.15, 0.2) is 12.1 Å². The van der Waals surface area contributed by atoms with E-state index in [-0.39, 0.29) is 0 Å². The van der Waals surface area contributed by atoms with Crippen LogP contribution in [0.25, 0.3) is 0 Å². The second kappa shape index (κ2) is 6.42. The normalized spacial score (nSPS) is 18.8. The molecule has 6 heteroatoms. The monoisotopic (exact) mass is 324 g/mol. The van der Waals surface area contributed by atoms with Gasteiger partial charge in [-0.3, -0.25) is 4.90 Å². The second-order valence-electron chi connectivity index (χ2n) is 5.30. The zero-order valence-electron chi connectivity index (χ0n) is 12.4. The molecule has 0 amide bonds. The summed E-state index contributed by atoms with van der Waals surface area (Å²) in [4.78, 5) is 4.75. The highest BCUT2D eigenvalue weighted by molar-refractivity contribution is 8.23. The Balaban J connectivity index is 1.74. The molecule has 114 valence electrons. The fourth-order valence-electron chi connectivity index (χ4n) is 2.86. The van der Waals surface area contributed by atoms with Crippen LogP contribution in [0.4, 0.5) is 0 Å². The molecule has 21 heavy (non-hydrogen) atoms. The Morgan fingerprint density at radius 3 is 2.48 bits per heavy atom. The van der Waals surface area contributed by atoms with Crippen molar-refractivity contribution in [3.8, 4) is 11.5 Å². The van der Waals surface area contributed by atoms with Gasteiger partial charge in [-0.25, -0.2) is 0 Å². The average molecular weight is 324 g/mol. The van der Waals surface area contributed by atoms with Gasteiger partial charge in [0.2, 0.25) is 0 Å². The first kappa shape index (κ1) is 14.9. The number of hydrogen-bond acceptors (Lipinski definition) is 5. The van der Waals surface area contributed by atoms with Crippen LogP contribution >= 0.6 is 24.0 Å². The van der Waals surface area contributed by atoms with Gasteiger partial charge in [-0.2, -0.15) is 0 Å². The minimum absolute atomic E-state index is 0.811. The number of thiocarbonyl (C=S) groups is 1. The largest absolute Gasteiger partial charge is 0.493 e. The number of ether oxygens (including phenoxy) is 2. The van der Waals surface area contributed by atoms with Gasteiger partial charge in [0.05, 0.1) is 20.9 Å². The molecule has 1 aromatic rings. The molecular formula is C15H20N2O2S2. The van der Waals surface area contributed by atoms with Gasteiger partial charge in [0.25, 0.3) is 0 Å². The number of benzene rings is 1. The van der Waals surface area contributed by atoms with Crippen molar-refractivity contribution in [1.82, 2.24) is 9.80 Å². The number of thioether (sulfide) groups is 1. The molecule has 0 atom stereocenters. The molecule has 4 nitrogen and oxygen atoms in total. The fourth-order valence-corrected chi connectivity index (χ4v) is 4.07. The van der Waals surface area contributed by atoms with Crippen molar-refractivity contribution < 1.29 is 9.47 Å². The van der Waals surface area contributed by atoms with E-state index in [1.807, 2.05) is 0 Å². The number of nitrogens with zero attached hydrogens (tertiary/aromatic N) is 2. The van der Waals surface area contributed by atoms with Crippen LogP contribution in [-0.4, -0.2) is 53.9 Å². The van der Waals surface area contributed by atoms with Crippen molar-refractivity contribution >= 4 is 28.3 Å². The molecule has 2 aliphatic rings. The third kappa shape index (κ3) is 3.12. The van der Waals surface area contributed by atoms with Crippen LogP contribution in [0.3, 0.4) is 0 Å². The summed E-state index contributed by atoms with van der Waals surface area (Å²) in [5, 5.41) is 0. The molecule has 0 aliphatic carbocycles. The molecule has 0 saturated carbocycles. The van der Waals surface area contributed by atoms with Gasteiger partial charge >= 0.3 is 0 Å². The summed E-state index contributed by atoms with van der Waals surface area (Å²) in [6.45, 7) is 4.00. The summed E-state index contributed by atoms with van der Waals surface area (Å²) < 4.78 is 11.8. The quantitative estimate of drug-likeness (QED) is 0.789. The SMILES string of the molecule is COc1cc2c(cc1OC)CN(CN1CCSC1=S)CC2. The summed E-state index contributed by atoms with van der Waals surface area (Å²) >= 11 is 7.17. The lowest BCUT2D eigenvalue weighted by molar-refractivity contribution is 0.181. The Hall–Kier alpha value is -0.980. The third-order valence-electron chi connectivity index (χ3n) is 4.01. The molecule has 0 aromatic heterocycles. The van der Waals surface area contributed by atoms with Crippen LogP contribution in [0.1, 0.15) is 11.1 Å². The minimum Gasteiger partial charge on any atom is -0.493 e. The van der Waals surface area contributed by atoms with E-state index in [4.69, 9.17) is 21.7 Å². The lowest BCUT2D eigenvalue weighted by Gasteiger charge is -2.32. The highest BCUT2D eigenvalue weighted by Gasteiger charge is 2.24. The summed E-state index contributed by atoms with van der Waals surface area (Å²) in [7, 11) is 3.37. The topological polar surface area (TPSA) is 24.9 Å². The first-order valence-electron chi connectivity index (χ1n) is 7.09. The van der Waals surface area contributed by atoms with Crippen LogP contribution in [0.2, 0.25) is 0 Å². The summed E-state index contributed by atoms with van der Waals surface area (Å²) in [5.41, 5.74) is 2.69. The molecule has 3 rings (SSSR count). The molecular weight excluding hydrogens is 304 g/mol. The number of rotatable bonds is 4. The molecule has 0 spiro atoms.